The van der Waals surface area contributed by atoms with Crippen LogP contribution < -0.4 is 5.32 Å². The van der Waals surface area contributed by atoms with Gasteiger partial charge in [-0.1, -0.05) is 29.3 Å². The molecule has 31 heavy (non-hydrogen) atoms. The highest BCUT2D eigenvalue weighted by Gasteiger charge is 2.41. The maximum Gasteiger partial charge on any atom is 0.170 e. The van der Waals surface area contributed by atoms with E-state index >= 15 is 0 Å². The highest BCUT2D eigenvalue weighted by atomic mass is 35.5. The predicted molar refractivity (Wildman–Crippen MR) is 129 cm³/mol. The number of aryl methyl sites for hydroxylation is 1. The topological polar surface area (TPSA) is 53.3 Å². The molecule has 0 amide bonds. The van der Waals surface area contributed by atoms with Gasteiger partial charge < -0.3 is 19.9 Å². The van der Waals surface area contributed by atoms with Crippen molar-refractivity contribution in [2.75, 3.05) is 13.2 Å². The van der Waals surface area contributed by atoms with Gasteiger partial charge in [-0.3, -0.25) is 4.98 Å². The largest absolute Gasteiger partial charge is 0.396 e. The van der Waals surface area contributed by atoms with Gasteiger partial charge in [0.1, 0.15) is 0 Å². The number of hydrogen-bond donors (Lipinski definition) is 2. The Labute approximate surface area is 197 Å². The summed E-state index contributed by atoms with van der Waals surface area (Å²) in [5.74, 6) is 0. The number of nitrogens with zero attached hydrogens (tertiary/aromatic N) is 3. The Balaban J connectivity index is 1.83. The SMILES string of the molecule is Cc1cc([C@@H]2[C@@H](c3ccccn3)NC(=S)N2CCCO)c(C)n1-c1ccc(Cl)cc1Cl. The summed E-state index contributed by atoms with van der Waals surface area (Å²) < 4.78 is 2.15. The van der Waals surface area contributed by atoms with E-state index in [1.807, 2.05) is 30.3 Å². The van der Waals surface area contributed by atoms with Gasteiger partial charge >= 0.3 is 0 Å². The van der Waals surface area contributed by atoms with Gasteiger partial charge in [-0.05, 0) is 74.4 Å². The second kappa shape index (κ2) is 9.17. The lowest BCUT2D eigenvalue weighted by Crippen LogP contribution is -2.31. The second-order valence-corrected chi connectivity index (χ2v) is 8.89. The van der Waals surface area contributed by atoms with E-state index in [1.54, 1.807) is 12.3 Å². The molecule has 1 aliphatic rings. The van der Waals surface area contributed by atoms with E-state index in [4.69, 9.17) is 35.4 Å². The average Bonchev–Trinajstić information content (AvgIpc) is 3.23. The molecule has 162 valence electrons. The molecule has 2 aromatic heterocycles. The molecule has 0 unspecified atom stereocenters. The number of nitrogens with one attached hydrogen (secondary N) is 1. The van der Waals surface area contributed by atoms with Crippen LogP contribution in [0.25, 0.3) is 5.69 Å². The molecule has 4 rings (SSSR count). The summed E-state index contributed by atoms with van der Waals surface area (Å²) in [6.07, 6.45) is 2.43. The zero-order valence-electron chi connectivity index (χ0n) is 17.3. The maximum atomic E-state index is 9.42. The fraction of sp³-hybridized carbons (Fsp3) is 0.304. The first kappa shape index (κ1) is 22.1. The van der Waals surface area contributed by atoms with Crippen molar-refractivity contribution in [1.82, 2.24) is 19.8 Å². The number of benzene rings is 1. The van der Waals surface area contributed by atoms with Crippen molar-refractivity contribution < 1.29 is 5.11 Å². The number of aliphatic hydroxyl groups is 1. The Morgan fingerprint density at radius 1 is 1.16 bits per heavy atom. The Morgan fingerprint density at radius 3 is 2.65 bits per heavy atom. The van der Waals surface area contributed by atoms with Crippen LogP contribution in [-0.4, -0.2) is 37.8 Å². The summed E-state index contributed by atoms with van der Waals surface area (Å²) in [5, 5.41) is 14.7. The summed E-state index contributed by atoms with van der Waals surface area (Å²) in [6, 6.07) is 13.5. The molecule has 0 aliphatic carbocycles. The van der Waals surface area contributed by atoms with Gasteiger partial charge in [-0.25, -0.2) is 0 Å². The first-order valence-electron chi connectivity index (χ1n) is 10.2. The number of rotatable bonds is 6. The molecule has 1 saturated heterocycles. The van der Waals surface area contributed by atoms with Crippen LogP contribution in [0.4, 0.5) is 0 Å². The molecule has 0 bridgehead atoms. The molecule has 1 fully saturated rings. The van der Waals surface area contributed by atoms with Gasteiger partial charge in [0.2, 0.25) is 0 Å². The standard InChI is InChI=1S/C23H24Cl2N4OS/c1-14-12-17(15(2)29(14)20-8-7-16(24)13-18(20)25)22-21(19-6-3-4-9-26-19)27-23(31)28(22)10-5-11-30/h3-4,6-9,12-13,21-22,30H,5,10-11H2,1-2H3,(H,27,31)/t21-,22-/m1/s1. The summed E-state index contributed by atoms with van der Waals surface area (Å²) in [6.45, 7) is 4.92. The monoisotopic (exact) mass is 474 g/mol. The van der Waals surface area contributed by atoms with E-state index in [9.17, 15) is 5.11 Å². The third-order valence-corrected chi connectivity index (χ3v) is 6.58. The zero-order valence-corrected chi connectivity index (χ0v) is 19.7. The molecule has 3 aromatic rings. The lowest BCUT2D eigenvalue weighted by atomic mass is 9.96. The molecule has 1 aliphatic heterocycles. The molecular weight excluding hydrogens is 451 g/mol. The van der Waals surface area contributed by atoms with Crippen molar-refractivity contribution in [1.29, 1.82) is 0 Å². The Morgan fingerprint density at radius 2 is 1.97 bits per heavy atom. The lowest BCUT2D eigenvalue weighted by molar-refractivity contribution is 0.247. The molecule has 0 saturated carbocycles. The van der Waals surface area contributed by atoms with Crippen LogP contribution in [0.1, 0.15) is 41.1 Å². The lowest BCUT2D eigenvalue weighted by Gasteiger charge is -2.28. The first-order valence-corrected chi connectivity index (χ1v) is 11.3. The Bertz CT molecular complexity index is 1100. The van der Waals surface area contributed by atoms with Gasteiger partial charge in [-0.15, -0.1) is 0 Å². The number of thiocarbonyl (C=S) groups is 1. The summed E-state index contributed by atoms with van der Waals surface area (Å²) in [7, 11) is 0. The summed E-state index contributed by atoms with van der Waals surface area (Å²) in [4.78, 5) is 6.74. The number of halogens is 2. The highest BCUT2D eigenvalue weighted by molar-refractivity contribution is 7.80. The second-order valence-electron chi connectivity index (χ2n) is 7.65. The molecule has 0 spiro atoms. The van der Waals surface area contributed by atoms with Crippen LogP contribution >= 0.6 is 35.4 Å². The van der Waals surface area contributed by atoms with Crippen LogP contribution in [0.2, 0.25) is 10.0 Å². The normalized spacial score (nSPS) is 18.5. The van der Waals surface area contributed by atoms with Crippen LogP contribution in [0.3, 0.4) is 0 Å². The maximum absolute atomic E-state index is 9.42. The number of aliphatic hydroxyl groups excluding tert-OH is 1. The number of pyridine rings is 1. The summed E-state index contributed by atoms with van der Waals surface area (Å²) >= 11 is 18.3. The Hall–Kier alpha value is -2.12. The van der Waals surface area contributed by atoms with Crippen molar-refractivity contribution in [2.45, 2.75) is 32.4 Å². The van der Waals surface area contributed by atoms with Crippen molar-refractivity contribution in [3.63, 3.8) is 0 Å². The van der Waals surface area contributed by atoms with E-state index in [0.717, 1.165) is 28.3 Å². The minimum absolute atomic E-state index is 0.0556. The Kier molecular flexibility index (Phi) is 6.53. The third-order valence-electron chi connectivity index (χ3n) is 5.69. The average molecular weight is 475 g/mol. The van der Waals surface area contributed by atoms with Crippen molar-refractivity contribution in [3.8, 4) is 5.69 Å². The van der Waals surface area contributed by atoms with Crippen LogP contribution in [-0.2, 0) is 0 Å². The predicted octanol–water partition coefficient (Wildman–Crippen LogP) is 5.15. The minimum atomic E-state index is -0.0953. The van der Waals surface area contributed by atoms with Crippen molar-refractivity contribution in [2.24, 2.45) is 0 Å². The van der Waals surface area contributed by atoms with Gasteiger partial charge in [0.05, 0.1) is 28.5 Å². The number of hydrogen-bond acceptors (Lipinski definition) is 3. The fourth-order valence-electron chi connectivity index (χ4n) is 4.35. The van der Waals surface area contributed by atoms with Crippen molar-refractivity contribution in [3.05, 3.63) is 81.4 Å². The van der Waals surface area contributed by atoms with E-state index in [-0.39, 0.29) is 18.7 Å². The molecule has 1 aromatic carbocycles. The van der Waals surface area contributed by atoms with Gasteiger partial charge in [0.15, 0.2) is 5.11 Å². The molecule has 2 atom stereocenters. The first-order chi connectivity index (χ1) is 14.9. The van der Waals surface area contributed by atoms with E-state index in [0.29, 0.717) is 28.1 Å². The molecule has 8 heteroatoms. The van der Waals surface area contributed by atoms with Gasteiger partial charge in [0.25, 0.3) is 0 Å². The van der Waals surface area contributed by atoms with E-state index in [1.165, 1.54) is 0 Å². The van der Waals surface area contributed by atoms with Crippen molar-refractivity contribution >= 4 is 40.5 Å². The van der Waals surface area contributed by atoms with Crippen LogP contribution in [0.15, 0.2) is 48.7 Å². The molecule has 5 nitrogen and oxygen atoms in total. The summed E-state index contributed by atoms with van der Waals surface area (Å²) in [5.41, 5.74) is 5.10. The van der Waals surface area contributed by atoms with E-state index < -0.39 is 0 Å². The highest BCUT2D eigenvalue weighted by Crippen LogP contribution is 2.42. The smallest absolute Gasteiger partial charge is 0.170 e. The minimum Gasteiger partial charge on any atom is -0.396 e. The van der Waals surface area contributed by atoms with Gasteiger partial charge in [0, 0.05) is 35.8 Å². The van der Waals surface area contributed by atoms with Crippen LogP contribution in [0.5, 0.6) is 0 Å². The number of aromatic nitrogens is 2. The third kappa shape index (κ3) is 4.17. The van der Waals surface area contributed by atoms with Crippen LogP contribution in [0, 0.1) is 13.8 Å². The van der Waals surface area contributed by atoms with E-state index in [2.05, 4.69) is 39.7 Å². The zero-order chi connectivity index (χ0) is 22.1. The molecule has 0 radical (unpaired) electrons. The fourth-order valence-corrected chi connectivity index (χ4v) is 5.17. The quantitative estimate of drug-likeness (QED) is 0.483. The molecule has 2 N–H and O–H groups in total. The van der Waals surface area contributed by atoms with Gasteiger partial charge in [-0.2, -0.15) is 0 Å². The molecule has 3 heterocycles. The molecular formula is C23H24Cl2N4OS.